The van der Waals surface area contributed by atoms with Crippen LogP contribution >= 0.6 is 0 Å². The highest BCUT2D eigenvalue weighted by Crippen LogP contribution is 2.42. The van der Waals surface area contributed by atoms with Gasteiger partial charge in [-0.1, -0.05) is 103 Å². The first-order valence-corrected chi connectivity index (χ1v) is 15.7. The second kappa shape index (κ2) is 11.0. The van der Waals surface area contributed by atoms with Gasteiger partial charge in [-0.15, -0.1) is 0 Å². The molecule has 0 unspecified atom stereocenters. The van der Waals surface area contributed by atoms with Crippen molar-refractivity contribution in [3.05, 3.63) is 169 Å². The summed E-state index contributed by atoms with van der Waals surface area (Å²) in [5, 5.41) is 2.07. The molecule has 1 aliphatic rings. The molecule has 3 heterocycles. The number of imide groups is 1. The molecule has 48 heavy (non-hydrogen) atoms. The highest BCUT2D eigenvalue weighted by Gasteiger charge is 2.40. The molecule has 6 heteroatoms. The van der Waals surface area contributed by atoms with Gasteiger partial charge in [0, 0.05) is 34.3 Å². The molecule has 226 valence electrons. The third-order valence-electron chi connectivity index (χ3n) is 9.13. The van der Waals surface area contributed by atoms with Gasteiger partial charge >= 0.3 is 0 Å². The van der Waals surface area contributed by atoms with E-state index in [0.29, 0.717) is 22.5 Å². The lowest BCUT2D eigenvalue weighted by molar-refractivity contribution is 0.0926. The average molecular weight is 619 g/mol. The van der Waals surface area contributed by atoms with Crippen molar-refractivity contribution >= 4 is 39.3 Å². The smallest absolute Gasteiger partial charge is 0.268 e. The molecule has 0 spiro atoms. The number of hydrogen-bond donors (Lipinski definition) is 0. The zero-order valence-corrected chi connectivity index (χ0v) is 25.6. The van der Waals surface area contributed by atoms with Crippen LogP contribution in [0.5, 0.6) is 0 Å². The van der Waals surface area contributed by atoms with Gasteiger partial charge in [-0.2, -0.15) is 0 Å². The van der Waals surface area contributed by atoms with Crippen molar-refractivity contribution < 1.29 is 9.59 Å². The number of carbonyl (C=O) groups excluding carboxylic acids is 2. The maximum atomic E-state index is 14.7. The average Bonchev–Trinajstić information content (AvgIpc) is 3.62. The van der Waals surface area contributed by atoms with Gasteiger partial charge in [0.1, 0.15) is 6.33 Å². The van der Waals surface area contributed by atoms with Crippen molar-refractivity contribution in [3.8, 4) is 39.1 Å². The number of aromatic nitrogens is 3. The van der Waals surface area contributed by atoms with Crippen LogP contribution in [-0.4, -0.2) is 26.3 Å². The Labute approximate surface area is 276 Å². The van der Waals surface area contributed by atoms with Crippen molar-refractivity contribution in [1.29, 1.82) is 0 Å². The van der Waals surface area contributed by atoms with Crippen LogP contribution in [0.4, 0.5) is 5.69 Å². The van der Waals surface area contributed by atoms with Crippen LogP contribution in [0.3, 0.4) is 0 Å². The molecule has 0 aliphatic carbocycles. The van der Waals surface area contributed by atoms with Crippen LogP contribution < -0.4 is 4.90 Å². The molecule has 8 aromatic rings. The molecule has 0 N–H and O–H groups in total. The molecule has 6 nitrogen and oxygen atoms in total. The van der Waals surface area contributed by atoms with Crippen LogP contribution in [0.2, 0.25) is 0 Å². The van der Waals surface area contributed by atoms with E-state index in [9.17, 15) is 9.59 Å². The number of benzene rings is 6. The molecule has 0 fully saturated rings. The molecule has 0 saturated heterocycles. The fraction of sp³-hybridized carbons (Fsp3) is 0. The molecule has 1 aliphatic heterocycles. The summed E-state index contributed by atoms with van der Waals surface area (Å²) in [6.07, 6.45) is 5.12. The van der Waals surface area contributed by atoms with Gasteiger partial charge in [0.25, 0.3) is 11.8 Å². The summed E-state index contributed by atoms with van der Waals surface area (Å²) in [6.45, 7) is 0. The highest BCUT2D eigenvalue weighted by atomic mass is 16.2. The minimum atomic E-state index is -0.350. The Kier molecular flexibility index (Phi) is 6.33. The van der Waals surface area contributed by atoms with E-state index in [1.54, 1.807) is 18.5 Å². The minimum Gasteiger partial charge on any atom is -0.308 e. The van der Waals surface area contributed by atoms with E-state index in [1.807, 2.05) is 109 Å². The summed E-state index contributed by atoms with van der Waals surface area (Å²) in [5.74, 6) is -0.691. The van der Waals surface area contributed by atoms with E-state index >= 15 is 0 Å². The lowest BCUT2D eigenvalue weighted by Crippen LogP contribution is -2.30. The fourth-order valence-electron chi connectivity index (χ4n) is 6.92. The largest absolute Gasteiger partial charge is 0.308 e. The number of fused-ring (bicyclic) bond motifs is 4. The van der Waals surface area contributed by atoms with Crippen molar-refractivity contribution in [1.82, 2.24) is 14.5 Å². The maximum absolute atomic E-state index is 14.7. The summed E-state index contributed by atoms with van der Waals surface area (Å²) in [6, 6.07) is 45.8. The number of para-hydroxylation sites is 1. The summed E-state index contributed by atoms with van der Waals surface area (Å²) in [4.78, 5) is 38.9. The normalized spacial score (nSPS) is 12.6. The predicted molar refractivity (Wildman–Crippen MR) is 190 cm³/mol. The monoisotopic (exact) mass is 618 g/mol. The summed E-state index contributed by atoms with van der Waals surface area (Å²) >= 11 is 0. The summed E-state index contributed by atoms with van der Waals surface area (Å²) in [7, 11) is 0. The molecular weight excluding hydrogens is 592 g/mol. The molecule has 0 saturated carbocycles. The van der Waals surface area contributed by atoms with E-state index < -0.39 is 0 Å². The van der Waals surface area contributed by atoms with Gasteiger partial charge in [0.05, 0.1) is 33.5 Å². The van der Waals surface area contributed by atoms with Gasteiger partial charge in [0.2, 0.25) is 0 Å². The first-order chi connectivity index (χ1) is 23.7. The van der Waals surface area contributed by atoms with Crippen molar-refractivity contribution in [3.63, 3.8) is 0 Å². The van der Waals surface area contributed by atoms with Crippen LogP contribution in [0.15, 0.2) is 158 Å². The van der Waals surface area contributed by atoms with Crippen LogP contribution in [0.25, 0.3) is 60.9 Å². The number of amides is 2. The van der Waals surface area contributed by atoms with E-state index in [2.05, 4.69) is 38.8 Å². The molecule has 6 aromatic carbocycles. The molecule has 2 aromatic heterocycles. The minimum absolute atomic E-state index is 0.341. The van der Waals surface area contributed by atoms with Gasteiger partial charge < -0.3 is 4.57 Å². The molecular formula is C42H26N4O2. The van der Waals surface area contributed by atoms with E-state index in [1.165, 1.54) is 11.2 Å². The first-order valence-electron chi connectivity index (χ1n) is 15.7. The number of hydrogen-bond acceptors (Lipinski definition) is 4. The van der Waals surface area contributed by atoms with Gasteiger partial charge in [-0.05, 0) is 58.7 Å². The molecule has 0 bridgehead atoms. The Bertz CT molecular complexity index is 2540. The summed E-state index contributed by atoms with van der Waals surface area (Å²) < 4.78 is 2.10. The quantitative estimate of drug-likeness (QED) is 0.180. The van der Waals surface area contributed by atoms with Gasteiger partial charge in [-0.25, -0.2) is 14.9 Å². The van der Waals surface area contributed by atoms with E-state index in [0.717, 1.165) is 55.2 Å². The number of carbonyl (C=O) groups is 2. The first kappa shape index (κ1) is 27.6. The molecule has 0 radical (unpaired) electrons. The Hall–Kier alpha value is -6.66. The van der Waals surface area contributed by atoms with E-state index in [-0.39, 0.29) is 11.8 Å². The van der Waals surface area contributed by atoms with Gasteiger partial charge in [-0.3, -0.25) is 9.59 Å². The third kappa shape index (κ3) is 4.27. The number of nitrogens with zero attached hydrogens (tertiary/aromatic N) is 4. The fourth-order valence-corrected chi connectivity index (χ4v) is 6.92. The topological polar surface area (TPSA) is 68.1 Å². The zero-order valence-electron chi connectivity index (χ0n) is 25.6. The maximum Gasteiger partial charge on any atom is 0.268 e. The lowest BCUT2D eigenvalue weighted by atomic mass is 9.97. The third-order valence-corrected chi connectivity index (χ3v) is 9.13. The van der Waals surface area contributed by atoms with Crippen LogP contribution in [-0.2, 0) is 0 Å². The predicted octanol–water partition coefficient (Wildman–Crippen LogP) is 9.38. The Morgan fingerprint density at radius 2 is 1.10 bits per heavy atom. The molecule has 9 rings (SSSR count). The summed E-state index contributed by atoms with van der Waals surface area (Å²) in [5.41, 5.74) is 9.41. The zero-order chi connectivity index (χ0) is 32.2. The molecule has 2 amide bonds. The SMILES string of the molecule is O=C1c2cccc(-n3c4ccccc4c4cc(-c5cncnc5)ccc43)c2C(=O)N1c1cc(-c2ccccc2)ccc1-c1ccccc1. The number of anilines is 1. The van der Waals surface area contributed by atoms with Gasteiger partial charge in [0.15, 0.2) is 0 Å². The van der Waals surface area contributed by atoms with Crippen molar-refractivity contribution in [2.45, 2.75) is 0 Å². The standard InChI is InChI=1S/C42H26N4O2/c47-41-34-15-9-17-38(45-36-16-8-7-14-33(36)35-22-29(19-21-37(35)45)31-24-43-26-44-25-31)40(34)42(48)46(41)39-23-30(27-10-3-1-4-11-27)18-20-32(39)28-12-5-2-6-13-28/h1-26H. The Morgan fingerprint density at radius 3 is 1.90 bits per heavy atom. The van der Waals surface area contributed by atoms with Crippen molar-refractivity contribution in [2.24, 2.45) is 0 Å². The van der Waals surface area contributed by atoms with Crippen molar-refractivity contribution in [2.75, 3.05) is 4.90 Å². The number of rotatable bonds is 5. The molecule has 0 atom stereocenters. The second-order valence-electron chi connectivity index (χ2n) is 11.8. The Morgan fingerprint density at radius 1 is 0.438 bits per heavy atom. The Balaban J connectivity index is 1.24. The second-order valence-corrected chi connectivity index (χ2v) is 11.8. The van der Waals surface area contributed by atoms with Crippen LogP contribution in [0, 0.1) is 0 Å². The highest BCUT2D eigenvalue weighted by molar-refractivity contribution is 6.36. The lowest BCUT2D eigenvalue weighted by Gasteiger charge is -2.20. The van der Waals surface area contributed by atoms with E-state index in [4.69, 9.17) is 0 Å². The van der Waals surface area contributed by atoms with Crippen LogP contribution in [0.1, 0.15) is 20.7 Å².